The van der Waals surface area contributed by atoms with E-state index in [9.17, 15) is 14.7 Å². The Bertz CT molecular complexity index is 715. The minimum absolute atomic E-state index is 0.168. The highest BCUT2D eigenvalue weighted by atomic mass is 16.4. The maximum absolute atomic E-state index is 11.9. The summed E-state index contributed by atoms with van der Waals surface area (Å²) in [5.41, 5.74) is 0.838. The van der Waals surface area contributed by atoms with Crippen LogP contribution >= 0.6 is 0 Å². The molecule has 2 amide bonds. The summed E-state index contributed by atoms with van der Waals surface area (Å²) in [7, 11) is 0. The first-order chi connectivity index (χ1) is 11.1. The maximum Gasteiger partial charge on any atom is 0.408 e. The fourth-order valence-electron chi connectivity index (χ4n) is 2.69. The molecule has 0 spiro atoms. The van der Waals surface area contributed by atoms with Crippen LogP contribution in [0, 0.1) is 6.92 Å². The standard InChI is InChI=1S/C15H17N5O3/c1-10-16-9-17-20(10)8-12-13(14(21)18-12)19(15(22)23)7-11-5-3-2-4-6-11/h2-6,9,12-13H,7-8H2,1H3,(H,18,21)(H,22,23)/t12-,13-/m0/s1. The van der Waals surface area contributed by atoms with Gasteiger partial charge in [-0.05, 0) is 12.5 Å². The Balaban J connectivity index is 1.76. The summed E-state index contributed by atoms with van der Waals surface area (Å²) in [6.07, 6.45) is 0.318. The van der Waals surface area contributed by atoms with Gasteiger partial charge in [-0.1, -0.05) is 30.3 Å². The van der Waals surface area contributed by atoms with Crippen molar-refractivity contribution >= 4 is 12.0 Å². The molecular weight excluding hydrogens is 298 g/mol. The zero-order valence-electron chi connectivity index (χ0n) is 12.6. The van der Waals surface area contributed by atoms with Crippen LogP contribution in [0.25, 0.3) is 0 Å². The minimum Gasteiger partial charge on any atom is -0.465 e. The van der Waals surface area contributed by atoms with Gasteiger partial charge in [-0.25, -0.2) is 14.5 Å². The lowest BCUT2D eigenvalue weighted by Gasteiger charge is -2.42. The Kier molecular flexibility index (Phi) is 3.96. The second-order valence-electron chi connectivity index (χ2n) is 5.45. The van der Waals surface area contributed by atoms with Gasteiger partial charge in [0.05, 0.1) is 12.6 Å². The van der Waals surface area contributed by atoms with Crippen LogP contribution in [0.15, 0.2) is 36.7 Å². The van der Waals surface area contributed by atoms with Crippen molar-refractivity contribution in [2.45, 2.75) is 32.1 Å². The Labute approximate surface area is 132 Å². The number of aromatic nitrogens is 3. The number of benzene rings is 1. The van der Waals surface area contributed by atoms with Crippen molar-refractivity contribution in [1.29, 1.82) is 0 Å². The van der Waals surface area contributed by atoms with E-state index in [1.807, 2.05) is 30.3 Å². The lowest BCUT2D eigenvalue weighted by atomic mass is 9.96. The fourth-order valence-corrected chi connectivity index (χ4v) is 2.69. The summed E-state index contributed by atoms with van der Waals surface area (Å²) >= 11 is 0. The number of hydrogen-bond donors (Lipinski definition) is 2. The SMILES string of the molecule is Cc1ncnn1C[C@@H]1NC(=O)[C@H]1N(Cc1ccccc1)C(=O)O. The number of carbonyl (C=O) groups is 2. The lowest BCUT2D eigenvalue weighted by Crippen LogP contribution is -2.70. The monoisotopic (exact) mass is 315 g/mol. The third kappa shape index (κ3) is 3.01. The maximum atomic E-state index is 11.9. The van der Waals surface area contributed by atoms with E-state index >= 15 is 0 Å². The molecule has 0 aliphatic carbocycles. The first kappa shape index (κ1) is 15.0. The molecule has 2 atom stereocenters. The molecule has 0 radical (unpaired) electrons. The molecule has 0 bridgehead atoms. The van der Waals surface area contributed by atoms with Gasteiger partial charge in [-0.3, -0.25) is 9.69 Å². The summed E-state index contributed by atoms with van der Waals surface area (Å²) in [6, 6.07) is 8.17. The second-order valence-corrected chi connectivity index (χ2v) is 5.45. The number of carboxylic acid groups (broad SMARTS) is 1. The summed E-state index contributed by atoms with van der Waals surface area (Å²) in [4.78, 5) is 28.7. The molecule has 3 rings (SSSR count). The van der Waals surface area contributed by atoms with Gasteiger partial charge >= 0.3 is 6.09 Å². The van der Waals surface area contributed by atoms with Gasteiger partial charge in [0.1, 0.15) is 18.2 Å². The lowest BCUT2D eigenvalue weighted by molar-refractivity contribution is -0.137. The predicted octanol–water partition coefficient (Wildman–Crippen LogP) is 0.634. The van der Waals surface area contributed by atoms with Crippen LogP contribution in [-0.2, 0) is 17.9 Å². The highest BCUT2D eigenvalue weighted by Gasteiger charge is 2.45. The predicted molar refractivity (Wildman–Crippen MR) is 80.5 cm³/mol. The van der Waals surface area contributed by atoms with Crippen molar-refractivity contribution in [1.82, 2.24) is 25.0 Å². The average Bonchev–Trinajstić information content (AvgIpc) is 2.92. The van der Waals surface area contributed by atoms with Gasteiger partial charge in [0, 0.05) is 6.54 Å². The van der Waals surface area contributed by atoms with Gasteiger partial charge in [0.2, 0.25) is 5.91 Å². The molecule has 1 saturated heterocycles. The number of rotatable bonds is 5. The van der Waals surface area contributed by atoms with E-state index in [1.54, 1.807) is 11.6 Å². The van der Waals surface area contributed by atoms with Crippen LogP contribution in [0.1, 0.15) is 11.4 Å². The quantitative estimate of drug-likeness (QED) is 0.788. The van der Waals surface area contributed by atoms with Gasteiger partial charge in [0.25, 0.3) is 0 Å². The molecule has 1 aliphatic heterocycles. The summed E-state index contributed by atoms with van der Waals surface area (Å²) < 4.78 is 1.65. The second kappa shape index (κ2) is 6.07. The topological polar surface area (TPSA) is 100 Å². The molecule has 1 fully saturated rings. The van der Waals surface area contributed by atoms with E-state index in [-0.39, 0.29) is 18.5 Å². The normalized spacial score (nSPS) is 19.8. The number of carbonyl (C=O) groups excluding carboxylic acids is 1. The molecule has 2 aromatic rings. The Morgan fingerprint density at radius 2 is 2.13 bits per heavy atom. The molecule has 2 N–H and O–H groups in total. The molecule has 2 heterocycles. The van der Waals surface area contributed by atoms with Gasteiger partial charge in [0.15, 0.2) is 0 Å². The highest BCUT2D eigenvalue weighted by Crippen LogP contribution is 2.19. The summed E-state index contributed by atoms with van der Waals surface area (Å²) in [5, 5.41) is 16.3. The van der Waals surface area contributed by atoms with E-state index in [0.29, 0.717) is 6.54 Å². The number of nitrogens with zero attached hydrogens (tertiary/aromatic N) is 4. The molecule has 0 saturated carbocycles. The number of nitrogens with one attached hydrogen (secondary N) is 1. The molecule has 1 aliphatic rings. The van der Waals surface area contributed by atoms with Crippen molar-refractivity contribution in [3.05, 3.63) is 48.0 Å². The van der Waals surface area contributed by atoms with E-state index in [0.717, 1.165) is 11.4 Å². The summed E-state index contributed by atoms with van der Waals surface area (Å²) in [5.74, 6) is 0.431. The van der Waals surface area contributed by atoms with E-state index in [1.165, 1.54) is 11.2 Å². The van der Waals surface area contributed by atoms with Gasteiger partial charge in [-0.15, -0.1) is 0 Å². The van der Waals surface area contributed by atoms with Crippen molar-refractivity contribution < 1.29 is 14.7 Å². The number of aryl methyl sites for hydroxylation is 1. The number of β-lactam (4-membered cyclic amide) rings is 1. The van der Waals surface area contributed by atoms with Crippen LogP contribution in [0.3, 0.4) is 0 Å². The van der Waals surface area contributed by atoms with Crippen molar-refractivity contribution in [3.8, 4) is 0 Å². The van der Waals surface area contributed by atoms with Crippen LogP contribution in [0.5, 0.6) is 0 Å². The van der Waals surface area contributed by atoms with Crippen molar-refractivity contribution in [3.63, 3.8) is 0 Å². The molecule has 0 unspecified atom stereocenters. The Morgan fingerprint density at radius 3 is 2.70 bits per heavy atom. The molecule has 8 heteroatoms. The number of amides is 2. The average molecular weight is 315 g/mol. The first-order valence-corrected chi connectivity index (χ1v) is 7.24. The van der Waals surface area contributed by atoms with Crippen LogP contribution in [-0.4, -0.2) is 48.9 Å². The van der Waals surface area contributed by atoms with Crippen molar-refractivity contribution in [2.24, 2.45) is 0 Å². The van der Waals surface area contributed by atoms with Crippen LogP contribution in [0.4, 0.5) is 4.79 Å². The number of hydrogen-bond acceptors (Lipinski definition) is 4. The van der Waals surface area contributed by atoms with Crippen LogP contribution in [0.2, 0.25) is 0 Å². The minimum atomic E-state index is -1.12. The smallest absolute Gasteiger partial charge is 0.408 e. The zero-order valence-corrected chi connectivity index (χ0v) is 12.6. The Morgan fingerprint density at radius 1 is 1.39 bits per heavy atom. The Hall–Kier alpha value is -2.90. The third-order valence-corrected chi connectivity index (χ3v) is 3.93. The van der Waals surface area contributed by atoms with E-state index < -0.39 is 12.1 Å². The van der Waals surface area contributed by atoms with Gasteiger partial charge < -0.3 is 10.4 Å². The molecule has 1 aromatic carbocycles. The third-order valence-electron chi connectivity index (χ3n) is 3.93. The molecule has 120 valence electrons. The van der Waals surface area contributed by atoms with Crippen molar-refractivity contribution in [2.75, 3.05) is 0 Å². The molecule has 23 heavy (non-hydrogen) atoms. The molecule has 1 aromatic heterocycles. The largest absolute Gasteiger partial charge is 0.465 e. The van der Waals surface area contributed by atoms with Gasteiger partial charge in [-0.2, -0.15) is 5.10 Å². The first-order valence-electron chi connectivity index (χ1n) is 7.24. The summed E-state index contributed by atoms with van der Waals surface area (Å²) in [6.45, 7) is 2.36. The zero-order chi connectivity index (χ0) is 16.4. The molecular formula is C15H17N5O3. The van der Waals surface area contributed by atoms with Crippen LogP contribution < -0.4 is 5.32 Å². The highest BCUT2D eigenvalue weighted by molar-refractivity contribution is 5.92. The molecule has 8 nitrogen and oxygen atoms in total. The van der Waals surface area contributed by atoms with E-state index in [2.05, 4.69) is 15.4 Å². The van der Waals surface area contributed by atoms with E-state index in [4.69, 9.17) is 0 Å². The fraction of sp³-hybridized carbons (Fsp3) is 0.333.